The van der Waals surface area contributed by atoms with Crippen LogP contribution in [-0.4, -0.2) is 14.7 Å². The molecule has 5 rings (SSSR count). The van der Waals surface area contributed by atoms with Gasteiger partial charge in [-0.05, 0) is 71.4 Å². The smallest absolute Gasteiger partial charge is 0.262 e. The molecule has 0 aliphatic heterocycles. The van der Waals surface area contributed by atoms with Crippen LogP contribution in [0.5, 0.6) is 17.4 Å². The molecule has 0 radical (unpaired) electrons. The molecule has 0 aliphatic carbocycles. The van der Waals surface area contributed by atoms with Crippen molar-refractivity contribution in [2.75, 3.05) is 0 Å². The zero-order valence-electron chi connectivity index (χ0n) is 19.2. The zero-order chi connectivity index (χ0) is 24.9. The normalized spacial score (nSPS) is 10.6. The molecular weight excluding hydrogens is 468 g/mol. The molecule has 0 unspecified atom stereocenters. The van der Waals surface area contributed by atoms with E-state index in [4.69, 9.17) is 17.0 Å². The Morgan fingerprint density at radius 2 is 1.25 bits per heavy atom. The highest BCUT2D eigenvalue weighted by Crippen LogP contribution is 2.29. The molecule has 4 aromatic carbocycles. The van der Waals surface area contributed by atoms with Crippen LogP contribution in [0.4, 0.5) is 0 Å². The van der Waals surface area contributed by atoms with Crippen LogP contribution in [0.25, 0.3) is 17.3 Å². The van der Waals surface area contributed by atoms with E-state index in [1.807, 2.05) is 91.0 Å². The lowest BCUT2D eigenvalue weighted by atomic mass is 9.96. The van der Waals surface area contributed by atoms with E-state index >= 15 is 0 Å². The quantitative estimate of drug-likeness (QED) is 0.252. The maximum absolute atomic E-state index is 12.9. The minimum Gasteiger partial charge on any atom is -0.494 e. The average molecular weight is 491 g/mol. The number of ether oxygens (including phenoxy) is 1. The maximum atomic E-state index is 12.9. The highest BCUT2D eigenvalue weighted by molar-refractivity contribution is 7.71. The third-order valence-electron chi connectivity index (χ3n) is 5.65. The Hall–Kier alpha value is -4.68. The highest BCUT2D eigenvalue weighted by atomic mass is 32.1. The van der Waals surface area contributed by atoms with Gasteiger partial charge in [0.25, 0.3) is 5.56 Å². The number of aromatic amines is 1. The fraction of sp³-hybridized carbons (Fsp3) is 0. The molecule has 0 atom stereocenters. The van der Waals surface area contributed by atoms with Gasteiger partial charge in [-0.2, -0.15) is 0 Å². The summed E-state index contributed by atoms with van der Waals surface area (Å²) < 4.78 is 7.38. The summed E-state index contributed by atoms with van der Waals surface area (Å²) in [6, 6.07) is 36.0. The molecule has 0 aliphatic rings. The van der Waals surface area contributed by atoms with E-state index in [1.165, 1.54) is 4.57 Å². The van der Waals surface area contributed by atoms with Crippen molar-refractivity contribution in [3.8, 4) is 23.1 Å². The Morgan fingerprint density at radius 1 is 0.750 bits per heavy atom. The van der Waals surface area contributed by atoms with Gasteiger partial charge in [-0.25, -0.2) is 0 Å². The first-order chi connectivity index (χ1) is 17.6. The Kier molecular flexibility index (Phi) is 6.60. The summed E-state index contributed by atoms with van der Waals surface area (Å²) in [6.45, 7) is 0. The van der Waals surface area contributed by atoms with Crippen LogP contribution >= 0.6 is 12.2 Å². The minimum atomic E-state index is -0.470. The van der Waals surface area contributed by atoms with Crippen molar-refractivity contribution in [1.29, 1.82) is 0 Å². The van der Waals surface area contributed by atoms with Gasteiger partial charge in [0.2, 0.25) is 5.88 Å². The topological polar surface area (TPSA) is 67.2 Å². The summed E-state index contributed by atoms with van der Waals surface area (Å²) in [7, 11) is 0. The molecule has 0 saturated carbocycles. The summed E-state index contributed by atoms with van der Waals surface area (Å²) in [4.78, 5) is 15.6. The monoisotopic (exact) mass is 490 g/mol. The lowest BCUT2D eigenvalue weighted by Crippen LogP contribution is -2.16. The van der Waals surface area contributed by atoms with E-state index in [0.717, 1.165) is 22.4 Å². The van der Waals surface area contributed by atoms with E-state index in [2.05, 4.69) is 4.98 Å². The number of aromatic nitrogens is 2. The van der Waals surface area contributed by atoms with Gasteiger partial charge in [0, 0.05) is 0 Å². The standard InChI is InChI=1S/C30H22N2O3S/c33-28-27(20-26(21-10-4-1-5-11-21)22-12-6-2-7-13-22)29(34)32(30(36)31-28)23-16-18-25(19-17-23)35-24-14-8-3-9-15-24/h1-20,34H,(H,31,33,36). The lowest BCUT2D eigenvalue weighted by Gasteiger charge is -2.14. The molecular formula is C30H22N2O3S. The summed E-state index contributed by atoms with van der Waals surface area (Å²) in [6.07, 6.45) is 1.69. The molecule has 5 aromatic rings. The SMILES string of the molecule is O=c1[nH]c(=S)n(-c2ccc(Oc3ccccc3)cc2)c(O)c1C=C(c1ccccc1)c1ccccc1. The molecule has 2 N–H and O–H groups in total. The number of nitrogens with one attached hydrogen (secondary N) is 1. The summed E-state index contributed by atoms with van der Waals surface area (Å²) in [5.74, 6) is 1.11. The van der Waals surface area contributed by atoms with E-state index < -0.39 is 5.56 Å². The van der Waals surface area contributed by atoms with Crippen LogP contribution < -0.4 is 10.3 Å². The molecule has 0 saturated heterocycles. The molecule has 0 spiro atoms. The van der Waals surface area contributed by atoms with Gasteiger partial charge in [0.15, 0.2) is 4.77 Å². The molecule has 176 valence electrons. The van der Waals surface area contributed by atoms with Crippen LogP contribution in [0.15, 0.2) is 120 Å². The largest absolute Gasteiger partial charge is 0.494 e. The number of benzene rings is 4. The second-order valence-electron chi connectivity index (χ2n) is 8.03. The lowest BCUT2D eigenvalue weighted by molar-refractivity contribution is 0.431. The first kappa shape index (κ1) is 23.1. The molecule has 0 amide bonds. The number of H-pyrrole nitrogens is 1. The average Bonchev–Trinajstić information content (AvgIpc) is 2.91. The predicted octanol–water partition coefficient (Wildman–Crippen LogP) is 6.98. The van der Waals surface area contributed by atoms with Gasteiger partial charge >= 0.3 is 0 Å². The first-order valence-corrected chi connectivity index (χ1v) is 11.7. The van der Waals surface area contributed by atoms with Crippen molar-refractivity contribution in [2.24, 2.45) is 0 Å². The fourth-order valence-corrected chi connectivity index (χ4v) is 4.19. The summed E-state index contributed by atoms with van der Waals surface area (Å²) >= 11 is 5.40. The number of hydrogen-bond donors (Lipinski definition) is 2. The number of para-hydroxylation sites is 1. The van der Waals surface area contributed by atoms with Crippen LogP contribution in [0.1, 0.15) is 16.7 Å². The third-order valence-corrected chi connectivity index (χ3v) is 5.94. The molecule has 0 fully saturated rings. The molecule has 0 bridgehead atoms. The van der Waals surface area contributed by atoms with Crippen molar-refractivity contribution < 1.29 is 9.84 Å². The minimum absolute atomic E-state index is 0.0901. The van der Waals surface area contributed by atoms with Gasteiger partial charge in [0.05, 0.1) is 5.69 Å². The zero-order valence-corrected chi connectivity index (χ0v) is 20.0. The van der Waals surface area contributed by atoms with Crippen LogP contribution in [0.3, 0.4) is 0 Å². The second kappa shape index (κ2) is 10.3. The van der Waals surface area contributed by atoms with Crippen LogP contribution in [0.2, 0.25) is 0 Å². The molecule has 1 heterocycles. The van der Waals surface area contributed by atoms with Gasteiger partial charge in [-0.15, -0.1) is 0 Å². The first-order valence-electron chi connectivity index (χ1n) is 11.3. The number of hydrogen-bond acceptors (Lipinski definition) is 4. The molecule has 1 aromatic heterocycles. The third kappa shape index (κ3) is 4.89. The summed E-state index contributed by atoms with van der Waals surface area (Å²) in [5.41, 5.74) is 2.85. The molecule has 6 heteroatoms. The maximum Gasteiger partial charge on any atom is 0.262 e. The van der Waals surface area contributed by atoms with Crippen LogP contribution in [0, 0.1) is 4.77 Å². The van der Waals surface area contributed by atoms with E-state index in [1.54, 1.807) is 30.3 Å². The number of rotatable bonds is 6. The van der Waals surface area contributed by atoms with Crippen molar-refractivity contribution >= 4 is 23.9 Å². The van der Waals surface area contributed by atoms with Crippen LogP contribution in [-0.2, 0) is 0 Å². The van der Waals surface area contributed by atoms with E-state index in [0.29, 0.717) is 11.4 Å². The van der Waals surface area contributed by atoms with Crippen molar-refractivity contribution in [1.82, 2.24) is 9.55 Å². The van der Waals surface area contributed by atoms with Gasteiger partial charge in [-0.3, -0.25) is 14.3 Å². The highest BCUT2D eigenvalue weighted by Gasteiger charge is 2.15. The van der Waals surface area contributed by atoms with E-state index in [9.17, 15) is 9.90 Å². The van der Waals surface area contributed by atoms with Gasteiger partial charge in [0.1, 0.15) is 17.1 Å². The predicted molar refractivity (Wildman–Crippen MR) is 145 cm³/mol. The van der Waals surface area contributed by atoms with Gasteiger partial charge in [-0.1, -0.05) is 78.9 Å². The number of aromatic hydroxyl groups is 1. The molecule has 5 nitrogen and oxygen atoms in total. The van der Waals surface area contributed by atoms with E-state index in [-0.39, 0.29) is 16.2 Å². The fourth-order valence-electron chi connectivity index (χ4n) is 3.91. The Labute approximate surface area is 213 Å². The van der Waals surface area contributed by atoms with Gasteiger partial charge < -0.3 is 9.84 Å². The van der Waals surface area contributed by atoms with Crippen molar-refractivity contribution in [2.45, 2.75) is 0 Å². The number of nitrogens with zero attached hydrogens (tertiary/aromatic N) is 1. The summed E-state index contributed by atoms with van der Waals surface area (Å²) in [5, 5.41) is 11.3. The Morgan fingerprint density at radius 3 is 1.81 bits per heavy atom. The van der Waals surface area contributed by atoms with Crippen molar-refractivity contribution in [3.63, 3.8) is 0 Å². The Balaban J connectivity index is 1.59. The molecule has 36 heavy (non-hydrogen) atoms. The second-order valence-corrected chi connectivity index (χ2v) is 8.42. The van der Waals surface area contributed by atoms with Crippen molar-refractivity contribution in [3.05, 3.63) is 147 Å². The Bertz CT molecular complexity index is 1580.